The second kappa shape index (κ2) is 8.83. The minimum absolute atomic E-state index is 0.0212. The number of rotatable bonds is 6. The summed E-state index contributed by atoms with van der Waals surface area (Å²) in [5.74, 6) is 0.954. The molecule has 0 aliphatic carbocycles. The van der Waals surface area contributed by atoms with Crippen LogP contribution < -0.4 is 20.4 Å². The number of carbonyl (C=O) groups excluding carboxylic acids is 1. The van der Waals surface area contributed by atoms with Gasteiger partial charge in [0, 0.05) is 49.8 Å². The second-order valence-electron chi connectivity index (χ2n) is 8.39. The van der Waals surface area contributed by atoms with Gasteiger partial charge >= 0.3 is 0 Å². The molecule has 1 atom stereocenters. The highest BCUT2D eigenvalue weighted by atomic mass is 16.2. The predicted octanol–water partition coefficient (Wildman–Crippen LogP) is 2.76. The highest BCUT2D eigenvalue weighted by molar-refractivity contribution is 5.87. The Morgan fingerprint density at radius 2 is 1.97 bits per heavy atom. The third-order valence-electron chi connectivity index (χ3n) is 6.19. The first kappa shape index (κ1) is 19.7. The number of H-pyrrole nitrogens is 1. The van der Waals surface area contributed by atoms with Gasteiger partial charge in [-0.05, 0) is 49.9 Å². The Balaban J connectivity index is 1.16. The van der Waals surface area contributed by atoms with Crippen molar-refractivity contribution in [3.63, 3.8) is 0 Å². The lowest BCUT2D eigenvalue weighted by Gasteiger charge is -2.34. The van der Waals surface area contributed by atoms with Crippen molar-refractivity contribution >= 4 is 34.1 Å². The van der Waals surface area contributed by atoms with Crippen molar-refractivity contribution in [1.82, 2.24) is 20.3 Å². The number of nitrogens with one attached hydrogen (secondary N) is 3. The van der Waals surface area contributed by atoms with E-state index >= 15 is 0 Å². The smallest absolute Gasteiger partial charge is 0.239 e. The molecule has 2 aliphatic heterocycles. The number of piperidine rings is 1. The van der Waals surface area contributed by atoms with E-state index in [0.29, 0.717) is 0 Å². The van der Waals surface area contributed by atoms with Crippen molar-refractivity contribution in [3.05, 3.63) is 42.9 Å². The van der Waals surface area contributed by atoms with Gasteiger partial charge in [-0.15, -0.1) is 0 Å². The third-order valence-corrected chi connectivity index (χ3v) is 6.19. The molecule has 0 saturated carbocycles. The van der Waals surface area contributed by atoms with Crippen LogP contribution in [0.4, 0.5) is 17.2 Å². The molecule has 2 aliphatic rings. The van der Waals surface area contributed by atoms with Crippen LogP contribution in [0.5, 0.6) is 0 Å². The monoisotopic (exact) mass is 419 g/mol. The van der Waals surface area contributed by atoms with Gasteiger partial charge in [-0.25, -0.2) is 9.97 Å². The van der Waals surface area contributed by atoms with E-state index in [0.717, 1.165) is 61.6 Å². The lowest BCUT2D eigenvalue weighted by Crippen LogP contribution is -2.49. The number of carbonyl (C=O) groups is 1. The zero-order valence-electron chi connectivity index (χ0n) is 17.7. The minimum Gasteiger partial charge on any atom is -0.376 e. The summed E-state index contributed by atoms with van der Waals surface area (Å²) in [6.45, 7) is 4.20. The molecule has 2 aromatic heterocycles. The summed E-state index contributed by atoms with van der Waals surface area (Å²) in [4.78, 5) is 29.2. The fourth-order valence-electron chi connectivity index (χ4n) is 4.65. The summed E-state index contributed by atoms with van der Waals surface area (Å²) >= 11 is 0. The molecule has 4 heterocycles. The van der Waals surface area contributed by atoms with Gasteiger partial charge in [0.15, 0.2) is 0 Å². The summed E-state index contributed by atoms with van der Waals surface area (Å²) in [6.07, 6.45) is 7.99. The Kier molecular flexibility index (Phi) is 5.60. The van der Waals surface area contributed by atoms with Crippen LogP contribution in [0.1, 0.15) is 25.7 Å². The lowest BCUT2D eigenvalue weighted by atomic mass is 10.1. The van der Waals surface area contributed by atoms with Crippen molar-refractivity contribution in [2.24, 2.45) is 0 Å². The molecule has 162 valence electrons. The highest BCUT2D eigenvalue weighted by Gasteiger charge is 2.24. The summed E-state index contributed by atoms with van der Waals surface area (Å²) in [6, 6.07) is 10.5. The topological polar surface area (TPSA) is 89.2 Å². The molecule has 1 aromatic carbocycles. The molecule has 0 radical (unpaired) electrons. The van der Waals surface area contributed by atoms with E-state index in [1.165, 1.54) is 18.5 Å². The summed E-state index contributed by atoms with van der Waals surface area (Å²) in [5.41, 5.74) is 3.06. The van der Waals surface area contributed by atoms with Gasteiger partial charge in [0.2, 0.25) is 5.91 Å². The summed E-state index contributed by atoms with van der Waals surface area (Å²) < 4.78 is 0. The molecule has 2 fully saturated rings. The molecule has 8 nitrogen and oxygen atoms in total. The molecule has 0 bridgehead atoms. The van der Waals surface area contributed by atoms with E-state index in [1.807, 2.05) is 18.3 Å². The number of nitrogens with zero attached hydrogens (tertiary/aromatic N) is 4. The fourth-order valence-corrected chi connectivity index (χ4v) is 4.65. The maximum absolute atomic E-state index is 12.6. The fraction of sp³-hybridized carbons (Fsp3) is 0.435. The third kappa shape index (κ3) is 4.42. The molecule has 5 rings (SSSR count). The number of fused-ring (bicyclic) bond motifs is 1. The number of benzene rings is 1. The molecule has 3 aromatic rings. The van der Waals surface area contributed by atoms with Gasteiger partial charge in [-0.1, -0.05) is 6.07 Å². The highest BCUT2D eigenvalue weighted by Crippen LogP contribution is 2.25. The van der Waals surface area contributed by atoms with E-state index in [-0.39, 0.29) is 18.5 Å². The van der Waals surface area contributed by atoms with Crippen LogP contribution in [0.3, 0.4) is 0 Å². The molecule has 8 heteroatoms. The standard InChI is InChI=1S/C23H29N7O/c31-21(14-25-17-5-3-7-19(13-17)29-10-1-2-11-29)28-18-6-4-12-30(15-18)23-20-8-9-24-22(20)26-16-27-23/h3,5,7-9,13,16,18,25H,1-2,4,6,10-12,14-15H2,(H,28,31)(H,24,26,27). The molecular formula is C23H29N7O. The van der Waals surface area contributed by atoms with E-state index in [1.54, 1.807) is 6.33 Å². The predicted molar refractivity (Wildman–Crippen MR) is 124 cm³/mol. The molecule has 2 saturated heterocycles. The van der Waals surface area contributed by atoms with Crippen molar-refractivity contribution < 1.29 is 4.79 Å². The summed E-state index contributed by atoms with van der Waals surface area (Å²) in [7, 11) is 0. The SMILES string of the molecule is O=C(CNc1cccc(N2CCCC2)c1)NC1CCCN(c2ncnc3[nH]ccc23)C1. The number of hydrogen-bond donors (Lipinski definition) is 3. The zero-order chi connectivity index (χ0) is 21.0. The van der Waals surface area contributed by atoms with Gasteiger partial charge in [0.25, 0.3) is 0 Å². The second-order valence-corrected chi connectivity index (χ2v) is 8.39. The van der Waals surface area contributed by atoms with E-state index in [9.17, 15) is 4.79 Å². The number of aromatic nitrogens is 3. The number of anilines is 3. The molecule has 0 spiro atoms. The maximum atomic E-state index is 12.6. The Morgan fingerprint density at radius 1 is 1.10 bits per heavy atom. The first-order valence-corrected chi connectivity index (χ1v) is 11.2. The van der Waals surface area contributed by atoms with E-state index < -0.39 is 0 Å². The zero-order valence-corrected chi connectivity index (χ0v) is 17.7. The lowest BCUT2D eigenvalue weighted by molar-refractivity contribution is -0.120. The van der Waals surface area contributed by atoms with Gasteiger partial charge in [-0.2, -0.15) is 0 Å². The largest absolute Gasteiger partial charge is 0.376 e. The van der Waals surface area contributed by atoms with Crippen LogP contribution in [0.2, 0.25) is 0 Å². The first-order valence-electron chi connectivity index (χ1n) is 11.2. The Morgan fingerprint density at radius 3 is 2.87 bits per heavy atom. The first-order chi connectivity index (χ1) is 15.3. The molecule has 3 N–H and O–H groups in total. The average molecular weight is 420 g/mol. The van der Waals surface area contributed by atoms with Crippen LogP contribution in [-0.2, 0) is 4.79 Å². The van der Waals surface area contributed by atoms with E-state index in [2.05, 4.69) is 53.6 Å². The Hall–Kier alpha value is -3.29. The molecule has 31 heavy (non-hydrogen) atoms. The minimum atomic E-state index is 0.0212. The van der Waals surface area contributed by atoms with Crippen LogP contribution in [-0.4, -0.2) is 59.6 Å². The summed E-state index contributed by atoms with van der Waals surface area (Å²) in [5, 5.41) is 7.50. The normalized spacial score (nSPS) is 19.0. The van der Waals surface area contributed by atoms with Crippen LogP contribution in [0.15, 0.2) is 42.9 Å². The van der Waals surface area contributed by atoms with Gasteiger partial charge < -0.3 is 25.4 Å². The number of hydrogen-bond acceptors (Lipinski definition) is 6. The quantitative estimate of drug-likeness (QED) is 0.569. The van der Waals surface area contributed by atoms with Gasteiger partial charge in [0.05, 0.1) is 11.9 Å². The van der Waals surface area contributed by atoms with Crippen LogP contribution in [0, 0.1) is 0 Å². The van der Waals surface area contributed by atoms with Gasteiger partial charge in [-0.3, -0.25) is 4.79 Å². The average Bonchev–Trinajstić information content (AvgIpc) is 3.50. The van der Waals surface area contributed by atoms with Gasteiger partial charge in [0.1, 0.15) is 17.8 Å². The number of aromatic amines is 1. The van der Waals surface area contributed by atoms with Crippen LogP contribution in [0.25, 0.3) is 11.0 Å². The van der Waals surface area contributed by atoms with Crippen molar-refractivity contribution in [2.75, 3.05) is 47.8 Å². The Labute approximate surface area is 182 Å². The van der Waals surface area contributed by atoms with Crippen molar-refractivity contribution in [2.45, 2.75) is 31.7 Å². The van der Waals surface area contributed by atoms with Crippen molar-refractivity contribution in [3.8, 4) is 0 Å². The Bertz CT molecular complexity index is 1040. The van der Waals surface area contributed by atoms with Crippen molar-refractivity contribution in [1.29, 1.82) is 0 Å². The molecule has 1 unspecified atom stereocenters. The number of amides is 1. The maximum Gasteiger partial charge on any atom is 0.239 e. The molecular weight excluding hydrogens is 390 g/mol. The van der Waals surface area contributed by atoms with Crippen LogP contribution >= 0.6 is 0 Å². The molecule has 1 amide bonds. The van der Waals surface area contributed by atoms with E-state index in [4.69, 9.17) is 0 Å².